The first-order chi connectivity index (χ1) is 17.8. The van der Waals surface area contributed by atoms with Crippen LogP contribution in [0.25, 0.3) is 6.08 Å². The van der Waals surface area contributed by atoms with Gasteiger partial charge in [-0.05, 0) is 101 Å². The van der Waals surface area contributed by atoms with E-state index >= 15 is 0 Å². The molecule has 0 N–H and O–H groups in total. The van der Waals surface area contributed by atoms with Gasteiger partial charge in [-0.15, -0.1) is 0 Å². The second-order valence-corrected chi connectivity index (χ2v) is 10.8. The molecule has 0 spiro atoms. The molecule has 190 valence electrons. The summed E-state index contributed by atoms with van der Waals surface area (Å²) < 4.78 is 18.0. The van der Waals surface area contributed by atoms with Crippen molar-refractivity contribution in [3.05, 3.63) is 90.3 Å². The third kappa shape index (κ3) is 6.36. The molecule has 0 aliphatic carbocycles. The van der Waals surface area contributed by atoms with Crippen LogP contribution in [0.2, 0.25) is 0 Å². The molecule has 0 atom stereocenters. The molecule has 10 heteroatoms. The number of imide groups is 1. The third-order valence-electron chi connectivity index (χ3n) is 5.31. The summed E-state index contributed by atoms with van der Waals surface area (Å²) in [5.74, 6) is 0.361. The van der Waals surface area contributed by atoms with Crippen LogP contribution in [-0.2, 0) is 11.3 Å². The first-order valence-electron chi connectivity index (χ1n) is 11.1. The average molecular weight is 694 g/mol. The topological polar surface area (TPSA) is 82.1 Å². The summed E-state index contributed by atoms with van der Waals surface area (Å²) in [4.78, 5) is 39.9. The molecular weight excluding hydrogens is 673 g/mol. The van der Waals surface area contributed by atoms with Gasteiger partial charge in [0.15, 0.2) is 11.5 Å². The molecule has 1 aliphatic heterocycles. The molecule has 2 amide bonds. The van der Waals surface area contributed by atoms with Crippen LogP contribution in [0.1, 0.15) is 28.4 Å². The van der Waals surface area contributed by atoms with E-state index in [0.29, 0.717) is 37.7 Å². The summed E-state index contributed by atoms with van der Waals surface area (Å²) in [6.07, 6.45) is 1.64. The van der Waals surface area contributed by atoms with Crippen molar-refractivity contribution in [3.63, 3.8) is 0 Å². The van der Waals surface area contributed by atoms with Crippen molar-refractivity contribution in [2.75, 3.05) is 13.7 Å². The molecule has 0 radical (unpaired) electrons. The number of ether oxygens (including phenoxy) is 3. The number of rotatable bonds is 8. The number of amides is 2. The Morgan fingerprint density at radius 1 is 1.11 bits per heavy atom. The van der Waals surface area contributed by atoms with E-state index in [0.717, 1.165) is 21.8 Å². The molecule has 4 rings (SSSR count). The maximum absolute atomic E-state index is 13.0. The Morgan fingerprint density at radius 2 is 1.84 bits per heavy atom. The summed E-state index contributed by atoms with van der Waals surface area (Å²) in [6.45, 7) is 2.34. The van der Waals surface area contributed by atoms with Gasteiger partial charge in [0.1, 0.15) is 5.75 Å². The van der Waals surface area contributed by atoms with Crippen LogP contribution < -0.4 is 14.2 Å². The van der Waals surface area contributed by atoms with E-state index in [4.69, 9.17) is 14.2 Å². The lowest BCUT2D eigenvalue weighted by Gasteiger charge is -2.14. The van der Waals surface area contributed by atoms with Crippen LogP contribution >= 0.6 is 50.3 Å². The van der Waals surface area contributed by atoms with Crippen molar-refractivity contribution in [3.8, 4) is 17.2 Å². The number of methoxy groups -OCH3 is 1. The Morgan fingerprint density at radius 3 is 2.51 bits per heavy atom. The van der Waals surface area contributed by atoms with Crippen LogP contribution in [0.5, 0.6) is 17.2 Å². The number of benzene rings is 3. The summed E-state index contributed by atoms with van der Waals surface area (Å²) in [5.41, 5.74) is 1.84. The molecule has 0 bridgehead atoms. The summed E-state index contributed by atoms with van der Waals surface area (Å²) in [7, 11) is 1.55. The van der Waals surface area contributed by atoms with Crippen molar-refractivity contribution in [2.45, 2.75) is 13.5 Å². The van der Waals surface area contributed by atoms with E-state index in [-0.39, 0.29) is 23.4 Å². The lowest BCUT2D eigenvalue weighted by molar-refractivity contribution is -0.123. The van der Waals surface area contributed by atoms with E-state index in [2.05, 4.69) is 38.5 Å². The third-order valence-corrected chi connectivity index (χ3v) is 7.79. The van der Waals surface area contributed by atoms with Crippen molar-refractivity contribution < 1.29 is 28.6 Å². The lowest BCUT2D eigenvalue weighted by Crippen LogP contribution is -2.27. The van der Waals surface area contributed by atoms with Crippen LogP contribution in [-0.4, -0.2) is 35.7 Å². The summed E-state index contributed by atoms with van der Waals surface area (Å²) >= 11 is 6.40. The van der Waals surface area contributed by atoms with Crippen LogP contribution in [0, 0.1) is 3.57 Å². The van der Waals surface area contributed by atoms with Crippen molar-refractivity contribution in [1.82, 2.24) is 4.90 Å². The first-order valence-corrected chi connectivity index (χ1v) is 13.8. The zero-order valence-corrected chi connectivity index (χ0v) is 24.4. The zero-order valence-electron chi connectivity index (χ0n) is 19.8. The Labute approximate surface area is 240 Å². The number of esters is 1. The Balaban J connectivity index is 1.58. The molecule has 37 heavy (non-hydrogen) atoms. The van der Waals surface area contributed by atoms with E-state index in [1.807, 2.05) is 31.2 Å². The second-order valence-electron chi connectivity index (χ2n) is 7.74. The molecule has 7 nitrogen and oxygen atoms in total. The number of nitrogens with zero attached hydrogens (tertiary/aromatic N) is 1. The largest absolute Gasteiger partial charge is 0.497 e. The van der Waals surface area contributed by atoms with Crippen molar-refractivity contribution in [2.24, 2.45) is 0 Å². The fraction of sp³-hybridized carbons (Fsp3) is 0.148. The quantitative estimate of drug-likeness (QED) is 0.110. The van der Waals surface area contributed by atoms with Crippen molar-refractivity contribution >= 4 is 73.5 Å². The van der Waals surface area contributed by atoms with Gasteiger partial charge in [0, 0.05) is 4.47 Å². The number of halogens is 2. The Hall–Kier alpha value is -2.83. The fourth-order valence-corrected chi connectivity index (χ4v) is 5.48. The van der Waals surface area contributed by atoms with Gasteiger partial charge in [-0.1, -0.05) is 34.1 Å². The average Bonchev–Trinajstić information content (AvgIpc) is 3.14. The molecule has 0 saturated carbocycles. The smallest absolute Gasteiger partial charge is 0.343 e. The van der Waals surface area contributed by atoms with Gasteiger partial charge in [0.05, 0.1) is 34.3 Å². The van der Waals surface area contributed by atoms with Gasteiger partial charge in [0.2, 0.25) is 0 Å². The molecular formula is C27H21BrINO6S. The minimum absolute atomic E-state index is 0.172. The predicted molar refractivity (Wildman–Crippen MR) is 154 cm³/mol. The van der Waals surface area contributed by atoms with E-state index in [9.17, 15) is 14.4 Å². The number of carbonyl (C=O) groups excluding carboxylic acids is 3. The molecule has 0 unspecified atom stereocenters. The first kappa shape index (κ1) is 27.2. The van der Waals surface area contributed by atoms with Gasteiger partial charge in [0.25, 0.3) is 11.1 Å². The number of carbonyl (C=O) groups is 3. The molecule has 1 saturated heterocycles. The minimum atomic E-state index is -0.539. The van der Waals surface area contributed by atoms with E-state index in [1.54, 1.807) is 49.6 Å². The van der Waals surface area contributed by atoms with Crippen LogP contribution in [0.3, 0.4) is 0 Å². The minimum Gasteiger partial charge on any atom is -0.497 e. The molecule has 3 aromatic rings. The van der Waals surface area contributed by atoms with E-state index < -0.39 is 5.97 Å². The van der Waals surface area contributed by atoms with Gasteiger partial charge >= 0.3 is 5.97 Å². The normalized spacial score (nSPS) is 14.3. The highest BCUT2D eigenvalue weighted by molar-refractivity contribution is 14.1. The highest BCUT2D eigenvalue weighted by atomic mass is 127. The van der Waals surface area contributed by atoms with Gasteiger partial charge in [-0.25, -0.2) is 4.79 Å². The zero-order chi connectivity index (χ0) is 26.5. The standard InChI is InChI=1S/C27H21BrINO6S/c1-3-35-22-13-16(12-21(29)24(22)36-26(32)17-8-10-19(34-2)11-9-17)14-23-25(31)30(27(33)37-23)15-18-6-4-5-7-20(18)28/h4-14H,3,15H2,1-2H3/b23-14-. The fourth-order valence-electron chi connectivity index (χ4n) is 3.50. The van der Waals surface area contributed by atoms with Gasteiger partial charge in [-0.2, -0.15) is 0 Å². The van der Waals surface area contributed by atoms with E-state index in [1.165, 1.54) is 4.90 Å². The number of thioether (sulfide) groups is 1. The molecule has 1 fully saturated rings. The second kappa shape index (κ2) is 12.1. The Kier molecular flexibility index (Phi) is 8.93. The monoisotopic (exact) mass is 693 g/mol. The molecule has 1 heterocycles. The predicted octanol–water partition coefficient (Wildman–Crippen LogP) is 6.92. The summed E-state index contributed by atoms with van der Waals surface area (Å²) in [5, 5.41) is -0.336. The Bertz CT molecular complexity index is 1390. The highest BCUT2D eigenvalue weighted by Gasteiger charge is 2.35. The van der Waals surface area contributed by atoms with Gasteiger partial charge in [-0.3, -0.25) is 14.5 Å². The highest BCUT2D eigenvalue weighted by Crippen LogP contribution is 2.38. The molecule has 3 aromatic carbocycles. The van der Waals surface area contributed by atoms with Gasteiger partial charge < -0.3 is 14.2 Å². The lowest BCUT2D eigenvalue weighted by atomic mass is 10.1. The maximum Gasteiger partial charge on any atom is 0.343 e. The SMILES string of the molecule is CCOc1cc(/C=C2\SC(=O)N(Cc3ccccc3Br)C2=O)cc(I)c1OC(=O)c1ccc(OC)cc1. The molecule has 0 aromatic heterocycles. The number of hydrogen-bond acceptors (Lipinski definition) is 7. The maximum atomic E-state index is 13.0. The molecule has 1 aliphatic rings. The van der Waals surface area contributed by atoms with Crippen LogP contribution in [0.4, 0.5) is 4.79 Å². The van der Waals surface area contributed by atoms with Crippen LogP contribution in [0.15, 0.2) is 70.0 Å². The summed E-state index contributed by atoms with van der Waals surface area (Å²) in [6, 6.07) is 17.5. The van der Waals surface area contributed by atoms with Crippen molar-refractivity contribution in [1.29, 1.82) is 0 Å². The number of hydrogen-bond donors (Lipinski definition) is 0.